The van der Waals surface area contributed by atoms with Gasteiger partial charge in [0.2, 0.25) is 5.13 Å². The second kappa shape index (κ2) is 9.29. The molecule has 128 valence electrons. The molecule has 0 aliphatic carbocycles. The third-order valence-corrected chi connectivity index (χ3v) is 4.29. The Hall–Kier alpha value is -2.06. The van der Waals surface area contributed by atoms with Crippen molar-refractivity contribution in [2.45, 2.75) is 33.1 Å². The minimum Gasteiger partial charge on any atom is -0.494 e. The van der Waals surface area contributed by atoms with Crippen molar-refractivity contribution in [3.63, 3.8) is 0 Å². The number of aryl methyl sites for hydroxylation is 1. The van der Waals surface area contributed by atoms with Gasteiger partial charge in [0.1, 0.15) is 10.8 Å². The van der Waals surface area contributed by atoms with E-state index in [0.717, 1.165) is 30.0 Å². The second-order valence-corrected chi connectivity index (χ2v) is 6.46. The predicted molar refractivity (Wildman–Crippen MR) is 99.8 cm³/mol. The van der Waals surface area contributed by atoms with E-state index < -0.39 is 0 Å². The van der Waals surface area contributed by atoms with E-state index in [1.165, 1.54) is 11.3 Å². The molecule has 0 saturated heterocycles. The molecular weight excluding hydrogens is 344 g/mol. The molecule has 24 heavy (non-hydrogen) atoms. The fourth-order valence-electron chi connectivity index (χ4n) is 1.79. The lowest BCUT2D eigenvalue weighted by molar-refractivity contribution is 0.0977. The summed E-state index contributed by atoms with van der Waals surface area (Å²) in [4.78, 5) is 12.2. The van der Waals surface area contributed by atoms with Gasteiger partial charge in [0.05, 0.1) is 6.61 Å². The van der Waals surface area contributed by atoms with Crippen LogP contribution in [0, 0.1) is 0 Å². The van der Waals surface area contributed by atoms with Crippen molar-refractivity contribution >= 4 is 39.7 Å². The maximum absolute atomic E-state index is 12.2. The molecule has 0 spiro atoms. The summed E-state index contributed by atoms with van der Waals surface area (Å²) in [6.45, 7) is 4.79. The molecule has 8 heteroatoms. The largest absolute Gasteiger partial charge is 0.494 e. The summed E-state index contributed by atoms with van der Waals surface area (Å²) in [5.74, 6) is 0.467. The van der Waals surface area contributed by atoms with Gasteiger partial charge in [-0.05, 0) is 49.3 Å². The number of hydrogen-bond donors (Lipinski definition) is 2. The van der Waals surface area contributed by atoms with Gasteiger partial charge in [0.15, 0.2) is 5.11 Å². The van der Waals surface area contributed by atoms with Gasteiger partial charge in [-0.3, -0.25) is 10.1 Å². The van der Waals surface area contributed by atoms with Gasteiger partial charge in [-0.15, -0.1) is 10.2 Å². The number of aromatic nitrogens is 2. The molecule has 0 unspecified atom stereocenters. The molecule has 0 aliphatic rings. The Bertz CT molecular complexity index is 686. The number of hydrogen-bond acceptors (Lipinski definition) is 6. The van der Waals surface area contributed by atoms with E-state index in [2.05, 4.69) is 27.8 Å². The number of thiocarbonyl (C=S) groups is 1. The molecule has 0 aliphatic heterocycles. The molecule has 1 amide bonds. The highest BCUT2D eigenvalue weighted by molar-refractivity contribution is 7.80. The first-order valence-corrected chi connectivity index (χ1v) is 9.02. The predicted octanol–water partition coefficient (Wildman–Crippen LogP) is 3.41. The smallest absolute Gasteiger partial charge is 0.257 e. The minimum absolute atomic E-state index is 0.196. The third-order valence-electron chi connectivity index (χ3n) is 3.10. The van der Waals surface area contributed by atoms with E-state index >= 15 is 0 Å². The van der Waals surface area contributed by atoms with Gasteiger partial charge in [-0.25, -0.2) is 0 Å². The standard InChI is InChI=1S/C16H20N4O2S2/c1-3-5-10-22-12-8-6-11(7-9-12)14(21)17-15(23)18-16-20-19-13(4-2)24-16/h6-9H,3-5,10H2,1-2H3,(H2,17,18,20,21,23). The van der Waals surface area contributed by atoms with Gasteiger partial charge < -0.3 is 10.1 Å². The summed E-state index contributed by atoms with van der Waals surface area (Å²) >= 11 is 6.53. The topological polar surface area (TPSA) is 76.1 Å². The van der Waals surface area contributed by atoms with Gasteiger partial charge in [0.25, 0.3) is 5.91 Å². The van der Waals surface area contributed by atoms with Crippen LogP contribution in [0.5, 0.6) is 5.75 Å². The average Bonchev–Trinajstić information content (AvgIpc) is 3.03. The van der Waals surface area contributed by atoms with Gasteiger partial charge in [-0.2, -0.15) is 0 Å². The van der Waals surface area contributed by atoms with Gasteiger partial charge >= 0.3 is 0 Å². The number of rotatable bonds is 7. The highest BCUT2D eigenvalue weighted by atomic mass is 32.1. The first-order chi connectivity index (χ1) is 11.6. The van der Waals surface area contributed by atoms with Crippen molar-refractivity contribution in [1.82, 2.24) is 15.5 Å². The SMILES string of the molecule is CCCCOc1ccc(C(=O)NC(=S)Nc2nnc(CC)s2)cc1. The number of amides is 1. The Labute approximate surface area is 150 Å². The zero-order valence-electron chi connectivity index (χ0n) is 13.7. The Morgan fingerprint density at radius 2 is 2.00 bits per heavy atom. The molecule has 1 aromatic heterocycles. The number of unbranched alkanes of at least 4 members (excludes halogenated alkanes) is 1. The fourth-order valence-corrected chi connectivity index (χ4v) is 2.73. The van der Waals surface area contributed by atoms with E-state index in [-0.39, 0.29) is 11.0 Å². The van der Waals surface area contributed by atoms with Crippen molar-refractivity contribution < 1.29 is 9.53 Å². The van der Waals surface area contributed by atoms with Crippen LogP contribution in [0.2, 0.25) is 0 Å². The lowest BCUT2D eigenvalue weighted by Crippen LogP contribution is -2.34. The number of anilines is 1. The average molecular weight is 364 g/mol. The highest BCUT2D eigenvalue weighted by Gasteiger charge is 2.10. The van der Waals surface area contributed by atoms with E-state index in [1.54, 1.807) is 24.3 Å². The zero-order valence-corrected chi connectivity index (χ0v) is 15.3. The monoisotopic (exact) mass is 364 g/mol. The molecule has 0 atom stereocenters. The molecule has 0 fully saturated rings. The van der Waals surface area contributed by atoms with Crippen molar-refractivity contribution in [3.8, 4) is 5.75 Å². The molecule has 6 nitrogen and oxygen atoms in total. The molecule has 2 aromatic rings. The quantitative estimate of drug-likeness (QED) is 0.579. The maximum atomic E-state index is 12.2. The lowest BCUT2D eigenvalue weighted by atomic mass is 10.2. The normalized spacial score (nSPS) is 10.2. The third kappa shape index (κ3) is 5.54. The Kier molecular flexibility index (Phi) is 7.07. The van der Waals surface area contributed by atoms with Crippen LogP contribution in [0.3, 0.4) is 0 Å². The maximum Gasteiger partial charge on any atom is 0.257 e. The van der Waals surface area contributed by atoms with Crippen LogP contribution >= 0.6 is 23.6 Å². The fraction of sp³-hybridized carbons (Fsp3) is 0.375. The Balaban J connectivity index is 1.85. The molecule has 1 heterocycles. The summed E-state index contributed by atoms with van der Waals surface area (Å²) in [5.41, 5.74) is 0.508. The molecule has 2 N–H and O–H groups in total. The van der Waals surface area contributed by atoms with E-state index in [1.807, 2.05) is 6.92 Å². The molecule has 0 bridgehead atoms. The summed E-state index contributed by atoms with van der Waals surface area (Å²) in [6.07, 6.45) is 2.90. The first kappa shape index (κ1) is 18.3. The van der Waals surface area contributed by atoms with Crippen molar-refractivity contribution in [1.29, 1.82) is 0 Å². The Morgan fingerprint density at radius 3 is 2.62 bits per heavy atom. The molecule has 1 aromatic carbocycles. The van der Waals surface area contributed by atoms with Crippen molar-refractivity contribution in [2.75, 3.05) is 11.9 Å². The highest BCUT2D eigenvalue weighted by Crippen LogP contribution is 2.15. The number of ether oxygens (including phenoxy) is 1. The van der Waals surface area contributed by atoms with Crippen LogP contribution in [0.4, 0.5) is 5.13 Å². The van der Waals surface area contributed by atoms with E-state index in [4.69, 9.17) is 17.0 Å². The van der Waals surface area contributed by atoms with Crippen LogP contribution in [-0.2, 0) is 6.42 Å². The molecule has 2 rings (SSSR count). The van der Waals surface area contributed by atoms with Crippen LogP contribution in [-0.4, -0.2) is 27.8 Å². The van der Waals surface area contributed by atoms with Crippen molar-refractivity contribution in [2.24, 2.45) is 0 Å². The minimum atomic E-state index is -0.284. The van der Waals surface area contributed by atoms with Crippen molar-refractivity contribution in [3.05, 3.63) is 34.8 Å². The lowest BCUT2D eigenvalue weighted by Gasteiger charge is -2.08. The van der Waals surface area contributed by atoms with E-state index in [0.29, 0.717) is 17.3 Å². The number of carbonyl (C=O) groups excluding carboxylic acids is 1. The summed E-state index contributed by atoms with van der Waals surface area (Å²) < 4.78 is 5.57. The summed E-state index contributed by atoms with van der Waals surface area (Å²) in [7, 11) is 0. The summed E-state index contributed by atoms with van der Waals surface area (Å²) in [6, 6.07) is 6.97. The molecule has 0 radical (unpaired) electrons. The Morgan fingerprint density at radius 1 is 1.25 bits per heavy atom. The number of nitrogens with one attached hydrogen (secondary N) is 2. The van der Waals surface area contributed by atoms with Crippen LogP contribution < -0.4 is 15.4 Å². The van der Waals surface area contributed by atoms with Crippen LogP contribution in [0.15, 0.2) is 24.3 Å². The second-order valence-electron chi connectivity index (χ2n) is 4.99. The molecule has 0 saturated carbocycles. The van der Waals surface area contributed by atoms with Gasteiger partial charge in [0, 0.05) is 5.56 Å². The number of carbonyl (C=O) groups is 1. The number of nitrogens with zero attached hydrogens (tertiary/aromatic N) is 2. The molecular formula is C16H20N4O2S2. The van der Waals surface area contributed by atoms with E-state index in [9.17, 15) is 4.79 Å². The number of benzene rings is 1. The van der Waals surface area contributed by atoms with Gasteiger partial charge in [-0.1, -0.05) is 31.6 Å². The van der Waals surface area contributed by atoms with Crippen LogP contribution in [0.25, 0.3) is 0 Å². The van der Waals surface area contributed by atoms with Crippen LogP contribution in [0.1, 0.15) is 42.1 Å². The summed E-state index contributed by atoms with van der Waals surface area (Å²) in [5, 5.41) is 15.1. The first-order valence-electron chi connectivity index (χ1n) is 7.80. The zero-order chi connectivity index (χ0) is 17.4.